The molecule has 5 heteroatoms. The highest BCUT2D eigenvalue weighted by molar-refractivity contribution is 14.1. The van der Waals surface area contributed by atoms with Gasteiger partial charge in [-0.2, -0.15) is 0 Å². The van der Waals surface area contributed by atoms with E-state index < -0.39 is 0 Å². The van der Waals surface area contributed by atoms with Crippen molar-refractivity contribution >= 4 is 44.3 Å². The molecular formula is C10H13BrIN3. The molecule has 0 amide bonds. The normalized spacial score (nSPS) is 26.7. The number of anilines is 1. The maximum absolute atomic E-state index is 4.35. The summed E-state index contributed by atoms with van der Waals surface area (Å²) < 4.78 is 1.13. The van der Waals surface area contributed by atoms with Crippen LogP contribution in [0.25, 0.3) is 0 Å². The highest BCUT2D eigenvalue weighted by atomic mass is 127. The summed E-state index contributed by atoms with van der Waals surface area (Å²) in [6.07, 6.45) is 4.71. The van der Waals surface area contributed by atoms with E-state index in [4.69, 9.17) is 0 Å². The summed E-state index contributed by atoms with van der Waals surface area (Å²) in [5.74, 6) is 1.82. The molecule has 2 unspecified atom stereocenters. The predicted molar refractivity (Wildman–Crippen MR) is 73.5 cm³/mol. The maximum Gasteiger partial charge on any atom is 0.145 e. The van der Waals surface area contributed by atoms with Crippen molar-refractivity contribution in [2.24, 2.45) is 5.92 Å². The molecule has 0 saturated carbocycles. The van der Waals surface area contributed by atoms with Gasteiger partial charge in [-0.05, 0) is 34.9 Å². The second-order valence-electron chi connectivity index (χ2n) is 3.92. The number of halogens is 2. The molecule has 15 heavy (non-hydrogen) atoms. The number of hydrogen-bond acceptors (Lipinski definition) is 3. The zero-order chi connectivity index (χ0) is 10.8. The first-order valence-electron chi connectivity index (χ1n) is 5.03. The fraction of sp³-hybridized carbons (Fsp3) is 0.600. The third kappa shape index (κ3) is 2.61. The van der Waals surface area contributed by atoms with Crippen LogP contribution in [-0.4, -0.2) is 27.9 Å². The summed E-state index contributed by atoms with van der Waals surface area (Å²) in [5.41, 5.74) is 0. The average molecular weight is 382 g/mol. The van der Waals surface area contributed by atoms with Crippen molar-refractivity contribution in [3.05, 3.63) is 16.1 Å². The number of alkyl halides is 1. The lowest BCUT2D eigenvalue weighted by Gasteiger charge is -2.35. The molecule has 1 saturated heterocycles. The van der Waals surface area contributed by atoms with Gasteiger partial charge in [-0.1, -0.05) is 22.9 Å². The van der Waals surface area contributed by atoms with Gasteiger partial charge in [0.1, 0.15) is 12.1 Å². The van der Waals surface area contributed by atoms with Gasteiger partial charge in [0.2, 0.25) is 0 Å². The quantitative estimate of drug-likeness (QED) is 0.553. The fourth-order valence-corrected chi connectivity index (χ4v) is 3.01. The lowest BCUT2D eigenvalue weighted by molar-refractivity contribution is 0.454. The lowest BCUT2D eigenvalue weighted by atomic mass is 9.99. The lowest BCUT2D eigenvalue weighted by Crippen LogP contribution is -2.40. The topological polar surface area (TPSA) is 29.0 Å². The Kier molecular flexibility index (Phi) is 3.82. The van der Waals surface area contributed by atoms with Gasteiger partial charge in [-0.25, -0.2) is 9.97 Å². The molecule has 0 aromatic carbocycles. The van der Waals surface area contributed by atoms with Crippen LogP contribution in [0.15, 0.2) is 12.5 Å². The molecule has 0 bridgehead atoms. The van der Waals surface area contributed by atoms with Gasteiger partial charge >= 0.3 is 0 Å². The van der Waals surface area contributed by atoms with Crippen LogP contribution in [0.5, 0.6) is 0 Å². The molecular weight excluding hydrogens is 369 g/mol. The van der Waals surface area contributed by atoms with Gasteiger partial charge < -0.3 is 4.90 Å². The predicted octanol–water partition coefficient (Wildman–Crippen LogP) is 2.69. The van der Waals surface area contributed by atoms with Gasteiger partial charge in [0, 0.05) is 24.1 Å². The van der Waals surface area contributed by atoms with Crippen LogP contribution in [0, 0.1) is 9.49 Å². The van der Waals surface area contributed by atoms with Crippen molar-refractivity contribution in [3.8, 4) is 0 Å². The summed E-state index contributed by atoms with van der Waals surface area (Å²) in [4.78, 5) is 11.3. The van der Waals surface area contributed by atoms with Crippen molar-refractivity contribution in [3.63, 3.8) is 0 Å². The molecule has 2 rings (SSSR count). The molecule has 2 heterocycles. The van der Waals surface area contributed by atoms with Crippen molar-refractivity contribution in [2.75, 3.05) is 18.0 Å². The molecule has 0 radical (unpaired) electrons. The Labute approximate surface area is 112 Å². The second kappa shape index (κ2) is 4.95. The molecule has 0 spiro atoms. The Morgan fingerprint density at radius 2 is 2.40 bits per heavy atom. The van der Waals surface area contributed by atoms with Gasteiger partial charge in [0.15, 0.2) is 0 Å². The van der Waals surface area contributed by atoms with Gasteiger partial charge in [0.05, 0.1) is 3.57 Å². The first-order chi connectivity index (χ1) is 7.18. The van der Waals surface area contributed by atoms with Crippen LogP contribution in [0.2, 0.25) is 0 Å². The molecule has 1 aromatic heterocycles. The van der Waals surface area contributed by atoms with Crippen LogP contribution in [-0.2, 0) is 0 Å². The summed E-state index contributed by atoms with van der Waals surface area (Å²) in [6.45, 7) is 4.42. The number of aromatic nitrogens is 2. The third-order valence-electron chi connectivity index (χ3n) is 2.81. The molecule has 0 N–H and O–H groups in total. The molecule has 1 fully saturated rings. The highest BCUT2D eigenvalue weighted by Gasteiger charge is 2.25. The smallest absolute Gasteiger partial charge is 0.145 e. The van der Waals surface area contributed by atoms with E-state index >= 15 is 0 Å². The van der Waals surface area contributed by atoms with Crippen molar-refractivity contribution < 1.29 is 0 Å². The summed E-state index contributed by atoms with van der Waals surface area (Å²) in [5, 5.41) is 0. The third-order valence-corrected chi connectivity index (χ3v) is 4.77. The second-order valence-corrected chi connectivity index (χ2v) is 6.26. The van der Waals surface area contributed by atoms with Crippen LogP contribution < -0.4 is 4.90 Å². The Balaban J connectivity index is 2.15. The molecule has 1 aromatic rings. The van der Waals surface area contributed by atoms with Crippen molar-refractivity contribution in [1.82, 2.24) is 9.97 Å². The van der Waals surface area contributed by atoms with Gasteiger partial charge in [-0.3, -0.25) is 0 Å². The van der Waals surface area contributed by atoms with E-state index in [-0.39, 0.29) is 0 Å². The van der Waals surface area contributed by atoms with E-state index in [0.717, 1.165) is 28.4 Å². The zero-order valence-corrected chi connectivity index (χ0v) is 12.3. The summed E-state index contributed by atoms with van der Waals surface area (Å²) in [6, 6.07) is 0. The van der Waals surface area contributed by atoms with Crippen LogP contribution in [0.3, 0.4) is 0 Å². The van der Waals surface area contributed by atoms with E-state index in [9.17, 15) is 0 Å². The minimum atomic E-state index is 0.567. The maximum atomic E-state index is 4.35. The molecule has 1 aliphatic rings. The zero-order valence-electron chi connectivity index (χ0n) is 8.53. The van der Waals surface area contributed by atoms with Crippen molar-refractivity contribution in [2.45, 2.75) is 18.2 Å². The summed E-state index contributed by atoms with van der Waals surface area (Å²) >= 11 is 6.02. The molecule has 0 aliphatic carbocycles. The minimum absolute atomic E-state index is 0.567. The standard InChI is InChI=1S/C10H13BrIN3/c1-7-2-3-15(5-8(7)11)10-9(12)4-13-6-14-10/h4,6-8H,2-3,5H2,1H3. The Morgan fingerprint density at radius 3 is 3.07 bits per heavy atom. The van der Waals surface area contributed by atoms with Crippen LogP contribution >= 0.6 is 38.5 Å². The van der Waals surface area contributed by atoms with Crippen molar-refractivity contribution in [1.29, 1.82) is 0 Å². The highest BCUT2D eigenvalue weighted by Crippen LogP contribution is 2.28. The monoisotopic (exact) mass is 381 g/mol. The van der Waals surface area contributed by atoms with Crippen LogP contribution in [0.1, 0.15) is 13.3 Å². The largest absolute Gasteiger partial charge is 0.354 e. The molecule has 2 atom stereocenters. The first-order valence-corrected chi connectivity index (χ1v) is 7.02. The van der Waals surface area contributed by atoms with E-state index in [1.807, 2.05) is 6.20 Å². The van der Waals surface area contributed by atoms with E-state index in [1.165, 1.54) is 6.42 Å². The van der Waals surface area contributed by atoms with Crippen LogP contribution in [0.4, 0.5) is 5.82 Å². The number of piperidine rings is 1. The van der Waals surface area contributed by atoms with E-state index in [2.05, 4.69) is 60.3 Å². The molecule has 82 valence electrons. The number of rotatable bonds is 1. The SMILES string of the molecule is CC1CCN(c2ncncc2I)CC1Br. The first kappa shape index (κ1) is 11.6. The molecule has 3 nitrogen and oxygen atoms in total. The number of nitrogens with zero attached hydrogens (tertiary/aromatic N) is 3. The Bertz CT molecular complexity index is 347. The Morgan fingerprint density at radius 1 is 1.60 bits per heavy atom. The van der Waals surface area contributed by atoms with Gasteiger partial charge in [-0.15, -0.1) is 0 Å². The molecule has 1 aliphatic heterocycles. The van der Waals surface area contributed by atoms with E-state index in [0.29, 0.717) is 4.83 Å². The summed E-state index contributed by atoms with van der Waals surface area (Å²) in [7, 11) is 0. The van der Waals surface area contributed by atoms with Gasteiger partial charge in [0.25, 0.3) is 0 Å². The fourth-order valence-electron chi connectivity index (χ4n) is 1.75. The number of hydrogen-bond donors (Lipinski definition) is 0. The minimum Gasteiger partial charge on any atom is -0.354 e. The Hall–Kier alpha value is 0.0900. The average Bonchev–Trinajstić information content (AvgIpc) is 2.23. The van der Waals surface area contributed by atoms with E-state index in [1.54, 1.807) is 6.33 Å².